The summed E-state index contributed by atoms with van der Waals surface area (Å²) < 4.78 is 7.11. The van der Waals surface area contributed by atoms with Gasteiger partial charge in [-0.25, -0.2) is 0 Å². The molecule has 0 spiro atoms. The van der Waals surface area contributed by atoms with E-state index in [1.54, 1.807) is 7.11 Å². The molecule has 1 aromatic heterocycles. The summed E-state index contributed by atoms with van der Waals surface area (Å²) in [6, 6.07) is 17.9. The Balaban J connectivity index is 1.70. The highest BCUT2D eigenvalue weighted by atomic mass is 16.5. The molecule has 0 saturated carbocycles. The van der Waals surface area contributed by atoms with Gasteiger partial charge in [0.1, 0.15) is 11.4 Å². The summed E-state index contributed by atoms with van der Waals surface area (Å²) in [7, 11) is 1.64. The van der Waals surface area contributed by atoms with Gasteiger partial charge in [-0.05, 0) is 42.7 Å². The van der Waals surface area contributed by atoms with E-state index < -0.39 is 0 Å². The zero-order valence-corrected chi connectivity index (χ0v) is 15.5. The zero-order valence-electron chi connectivity index (χ0n) is 15.5. The van der Waals surface area contributed by atoms with Crippen LogP contribution in [0.5, 0.6) is 5.75 Å². The summed E-state index contributed by atoms with van der Waals surface area (Å²) in [6.45, 7) is 2.28. The summed E-state index contributed by atoms with van der Waals surface area (Å²) in [6.07, 6.45) is 4.02. The van der Waals surface area contributed by atoms with Crippen molar-refractivity contribution in [3.8, 4) is 17.0 Å². The Morgan fingerprint density at radius 1 is 1.04 bits per heavy atom. The Kier molecular flexibility index (Phi) is 4.92. The van der Waals surface area contributed by atoms with Crippen LogP contribution in [-0.2, 0) is 6.54 Å². The van der Waals surface area contributed by atoms with Gasteiger partial charge in [0.25, 0.3) is 5.91 Å². The van der Waals surface area contributed by atoms with Crippen LogP contribution >= 0.6 is 0 Å². The number of amides is 1. The first-order valence-electron chi connectivity index (χ1n) is 9.29. The average molecular weight is 361 g/mol. The van der Waals surface area contributed by atoms with Crippen molar-refractivity contribution < 1.29 is 9.53 Å². The van der Waals surface area contributed by atoms with Crippen LogP contribution in [0.1, 0.15) is 28.8 Å². The van der Waals surface area contributed by atoms with Gasteiger partial charge in [-0.2, -0.15) is 5.10 Å². The van der Waals surface area contributed by atoms with Crippen LogP contribution in [0.3, 0.4) is 0 Å². The Labute approximate surface area is 159 Å². The highest BCUT2D eigenvalue weighted by Crippen LogP contribution is 2.27. The van der Waals surface area contributed by atoms with Gasteiger partial charge in [-0.1, -0.05) is 30.3 Å². The van der Waals surface area contributed by atoms with Gasteiger partial charge in [0, 0.05) is 24.8 Å². The fraction of sp³-hybridized carbons (Fsp3) is 0.273. The number of carbonyl (C=O) groups is 1. The minimum Gasteiger partial charge on any atom is -0.497 e. The molecule has 27 heavy (non-hydrogen) atoms. The summed E-state index contributed by atoms with van der Waals surface area (Å²) >= 11 is 0. The Morgan fingerprint density at radius 2 is 1.74 bits per heavy atom. The molecule has 1 amide bonds. The minimum absolute atomic E-state index is 0.0672. The van der Waals surface area contributed by atoms with Gasteiger partial charge in [0.05, 0.1) is 19.2 Å². The van der Waals surface area contributed by atoms with Crippen LogP contribution in [0.2, 0.25) is 0 Å². The number of likely N-dealkylation sites (tertiary alicyclic amines) is 1. The summed E-state index contributed by atoms with van der Waals surface area (Å²) in [5, 5.41) is 4.75. The van der Waals surface area contributed by atoms with E-state index in [0.29, 0.717) is 12.1 Å². The third-order valence-corrected chi connectivity index (χ3v) is 4.94. The normalized spacial score (nSPS) is 13.7. The molecule has 0 bridgehead atoms. The van der Waals surface area contributed by atoms with Crippen molar-refractivity contribution in [3.63, 3.8) is 0 Å². The maximum absolute atomic E-state index is 13.1. The first-order chi connectivity index (χ1) is 13.2. The van der Waals surface area contributed by atoms with Crippen LogP contribution in [0.15, 0.2) is 60.8 Å². The number of rotatable bonds is 5. The summed E-state index contributed by atoms with van der Waals surface area (Å²) in [5.41, 5.74) is 3.47. The lowest BCUT2D eigenvalue weighted by Gasteiger charge is -2.14. The Hall–Kier alpha value is -3.08. The summed E-state index contributed by atoms with van der Waals surface area (Å²) in [5.74, 6) is 0.854. The Bertz CT molecular complexity index is 910. The van der Waals surface area contributed by atoms with Crippen molar-refractivity contribution >= 4 is 5.91 Å². The van der Waals surface area contributed by atoms with Crippen molar-refractivity contribution in [2.45, 2.75) is 19.4 Å². The second kappa shape index (κ2) is 7.66. The number of nitrogens with zero attached hydrogens (tertiary/aromatic N) is 3. The second-order valence-corrected chi connectivity index (χ2v) is 6.80. The van der Waals surface area contributed by atoms with Gasteiger partial charge < -0.3 is 9.64 Å². The lowest BCUT2D eigenvalue weighted by Crippen LogP contribution is -2.27. The van der Waals surface area contributed by atoms with E-state index in [1.807, 2.05) is 58.2 Å². The largest absolute Gasteiger partial charge is 0.497 e. The first-order valence-corrected chi connectivity index (χ1v) is 9.29. The molecule has 1 fully saturated rings. The molecule has 0 aliphatic carbocycles. The molecule has 0 N–H and O–H groups in total. The number of hydrogen-bond donors (Lipinski definition) is 0. The number of hydrogen-bond acceptors (Lipinski definition) is 3. The molecule has 1 saturated heterocycles. The van der Waals surface area contributed by atoms with Crippen molar-refractivity contribution in [2.75, 3.05) is 20.2 Å². The molecule has 2 heterocycles. The van der Waals surface area contributed by atoms with Crippen LogP contribution in [0, 0.1) is 0 Å². The van der Waals surface area contributed by atoms with Gasteiger partial charge >= 0.3 is 0 Å². The quantitative estimate of drug-likeness (QED) is 0.694. The fourth-order valence-electron chi connectivity index (χ4n) is 3.48. The lowest BCUT2D eigenvalue weighted by molar-refractivity contribution is 0.0793. The maximum atomic E-state index is 13.1. The molecule has 1 aliphatic rings. The molecule has 0 radical (unpaired) electrons. The molecule has 5 heteroatoms. The molecule has 3 aromatic rings. The molecule has 5 nitrogen and oxygen atoms in total. The number of carbonyl (C=O) groups excluding carboxylic acids is 1. The molecule has 0 unspecified atom stereocenters. The van der Waals surface area contributed by atoms with Gasteiger partial charge in [0.2, 0.25) is 0 Å². The van der Waals surface area contributed by atoms with Crippen molar-refractivity contribution in [1.29, 1.82) is 0 Å². The maximum Gasteiger partial charge on any atom is 0.257 e. The van der Waals surface area contributed by atoms with E-state index >= 15 is 0 Å². The second-order valence-electron chi connectivity index (χ2n) is 6.80. The highest BCUT2D eigenvalue weighted by Gasteiger charge is 2.25. The topological polar surface area (TPSA) is 47.4 Å². The molecule has 2 aromatic carbocycles. The van der Waals surface area contributed by atoms with Crippen molar-refractivity contribution in [2.24, 2.45) is 0 Å². The van der Waals surface area contributed by atoms with E-state index in [4.69, 9.17) is 9.84 Å². The monoisotopic (exact) mass is 361 g/mol. The zero-order chi connectivity index (χ0) is 18.6. The minimum atomic E-state index is 0.0672. The van der Waals surface area contributed by atoms with E-state index in [9.17, 15) is 4.79 Å². The average Bonchev–Trinajstić information content (AvgIpc) is 3.39. The molecule has 1 aliphatic heterocycles. The van der Waals surface area contributed by atoms with E-state index in [1.165, 1.54) is 0 Å². The number of benzene rings is 2. The first kappa shape index (κ1) is 17.3. The third-order valence-electron chi connectivity index (χ3n) is 4.94. The third kappa shape index (κ3) is 3.72. The van der Waals surface area contributed by atoms with E-state index in [-0.39, 0.29) is 5.91 Å². The van der Waals surface area contributed by atoms with Crippen LogP contribution in [0.25, 0.3) is 11.3 Å². The van der Waals surface area contributed by atoms with Crippen LogP contribution < -0.4 is 4.74 Å². The van der Waals surface area contributed by atoms with Gasteiger partial charge in [-0.3, -0.25) is 9.48 Å². The highest BCUT2D eigenvalue weighted by molar-refractivity contribution is 6.00. The molecular formula is C22H23N3O2. The molecule has 4 rings (SSSR count). The van der Waals surface area contributed by atoms with Crippen LogP contribution in [0.4, 0.5) is 0 Å². The summed E-state index contributed by atoms with van der Waals surface area (Å²) in [4.78, 5) is 15.0. The number of methoxy groups -OCH3 is 1. The molecular weight excluding hydrogens is 338 g/mol. The smallest absolute Gasteiger partial charge is 0.257 e. The Morgan fingerprint density at radius 3 is 2.41 bits per heavy atom. The predicted molar refractivity (Wildman–Crippen MR) is 105 cm³/mol. The standard InChI is InChI=1S/C22H23N3O2/c1-27-19-11-9-18(10-12-19)21-20(22(26)24-13-5-6-14-24)16-25(23-21)15-17-7-3-2-4-8-17/h2-4,7-12,16H,5-6,13-15H2,1H3. The van der Waals surface area contributed by atoms with Gasteiger partial charge in [-0.15, -0.1) is 0 Å². The molecule has 0 atom stereocenters. The van der Waals surface area contributed by atoms with E-state index in [0.717, 1.165) is 48.5 Å². The SMILES string of the molecule is COc1ccc(-c2nn(Cc3ccccc3)cc2C(=O)N2CCCC2)cc1. The van der Waals surface area contributed by atoms with Crippen molar-refractivity contribution in [3.05, 3.63) is 71.9 Å². The lowest BCUT2D eigenvalue weighted by atomic mass is 10.1. The fourth-order valence-corrected chi connectivity index (χ4v) is 3.48. The predicted octanol–water partition coefficient (Wildman–Crippen LogP) is 3.84. The van der Waals surface area contributed by atoms with E-state index in [2.05, 4.69) is 12.1 Å². The van der Waals surface area contributed by atoms with Gasteiger partial charge in [0.15, 0.2) is 0 Å². The number of ether oxygens (including phenoxy) is 1. The van der Waals surface area contributed by atoms with Crippen molar-refractivity contribution in [1.82, 2.24) is 14.7 Å². The van der Waals surface area contributed by atoms with Crippen LogP contribution in [-0.4, -0.2) is 40.8 Å². The molecule has 138 valence electrons. The number of aromatic nitrogens is 2.